The Morgan fingerprint density at radius 1 is 1.21 bits per heavy atom. The minimum Gasteiger partial charge on any atom is -0.458 e. The summed E-state index contributed by atoms with van der Waals surface area (Å²) in [5.74, 6) is -1.83. The van der Waals surface area contributed by atoms with Gasteiger partial charge in [-0.3, -0.25) is 4.79 Å². The van der Waals surface area contributed by atoms with Gasteiger partial charge in [-0.1, -0.05) is 38.8 Å². The molecular weight excluding hydrogens is 372 g/mol. The smallest absolute Gasteiger partial charge is 0.334 e. The molecule has 6 nitrogen and oxygen atoms in total. The van der Waals surface area contributed by atoms with Crippen molar-refractivity contribution < 1.29 is 28.6 Å². The zero-order chi connectivity index (χ0) is 21.1. The number of carbonyl (C=O) groups is 3. The van der Waals surface area contributed by atoms with E-state index < -0.39 is 24.1 Å². The minimum absolute atomic E-state index is 0.174. The molecule has 1 saturated heterocycles. The maximum Gasteiger partial charge on any atom is 0.334 e. The molecule has 3 aliphatic rings. The van der Waals surface area contributed by atoms with Crippen molar-refractivity contribution in [3.8, 4) is 0 Å². The number of carbonyl (C=O) groups excluding carboxylic acids is 3. The van der Waals surface area contributed by atoms with Gasteiger partial charge in [-0.2, -0.15) is 0 Å². The van der Waals surface area contributed by atoms with E-state index in [9.17, 15) is 14.4 Å². The van der Waals surface area contributed by atoms with Gasteiger partial charge in [0.1, 0.15) is 18.3 Å². The highest BCUT2D eigenvalue weighted by molar-refractivity contribution is 5.93. The highest BCUT2D eigenvalue weighted by atomic mass is 16.6. The van der Waals surface area contributed by atoms with Crippen molar-refractivity contribution in [3.63, 3.8) is 0 Å². The summed E-state index contributed by atoms with van der Waals surface area (Å²) in [7, 11) is 0. The Balaban J connectivity index is 1.89. The average molecular weight is 402 g/mol. The Morgan fingerprint density at radius 3 is 2.66 bits per heavy atom. The Bertz CT molecular complexity index is 761. The molecule has 5 atom stereocenters. The van der Waals surface area contributed by atoms with Crippen LogP contribution in [0.3, 0.4) is 0 Å². The Hall–Kier alpha value is -2.37. The molecule has 0 aromatic rings. The topological polar surface area (TPSA) is 78.9 Å². The molecule has 2 aliphatic heterocycles. The number of fused-ring (bicyclic) bond motifs is 2. The molecule has 0 N–H and O–H groups in total. The molecule has 0 aromatic heterocycles. The van der Waals surface area contributed by atoms with Gasteiger partial charge >= 0.3 is 17.9 Å². The lowest BCUT2D eigenvalue weighted by Gasteiger charge is -2.27. The minimum atomic E-state index is -0.657. The summed E-state index contributed by atoms with van der Waals surface area (Å²) >= 11 is 0. The molecular formula is C23H30O6. The number of hydrogen-bond donors (Lipinski definition) is 0. The second-order valence-corrected chi connectivity index (χ2v) is 8.20. The van der Waals surface area contributed by atoms with Crippen LogP contribution in [-0.4, -0.2) is 36.2 Å². The number of esters is 3. The second-order valence-electron chi connectivity index (χ2n) is 8.20. The average Bonchev–Trinajstić information content (AvgIpc) is 3.13. The maximum atomic E-state index is 12.9. The lowest BCUT2D eigenvalue weighted by Crippen LogP contribution is -2.34. The van der Waals surface area contributed by atoms with Crippen molar-refractivity contribution in [2.45, 2.75) is 77.6 Å². The lowest BCUT2D eigenvalue weighted by atomic mass is 9.85. The van der Waals surface area contributed by atoms with E-state index in [1.54, 1.807) is 6.08 Å². The summed E-state index contributed by atoms with van der Waals surface area (Å²) in [4.78, 5) is 37.3. The molecule has 3 rings (SSSR count). The maximum absolute atomic E-state index is 12.9. The van der Waals surface area contributed by atoms with Gasteiger partial charge in [0, 0.05) is 24.0 Å². The van der Waals surface area contributed by atoms with Gasteiger partial charge < -0.3 is 14.2 Å². The summed E-state index contributed by atoms with van der Waals surface area (Å²) < 4.78 is 16.8. The van der Waals surface area contributed by atoms with Crippen LogP contribution in [0.25, 0.3) is 0 Å². The Kier molecular flexibility index (Phi) is 6.60. The first-order valence-electron chi connectivity index (χ1n) is 10.5. The van der Waals surface area contributed by atoms with E-state index >= 15 is 0 Å². The van der Waals surface area contributed by atoms with Crippen molar-refractivity contribution in [1.29, 1.82) is 0 Å². The summed E-state index contributed by atoms with van der Waals surface area (Å²) in [6, 6.07) is 0. The fraction of sp³-hybridized carbons (Fsp3) is 0.609. The highest BCUT2D eigenvalue weighted by Crippen LogP contribution is 2.38. The number of hydrogen-bond acceptors (Lipinski definition) is 6. The van der Waals surface area contributed by atoms with E-state index in [1.165, 1.54) is 0 Å². The molecule has 2 heterocycles. The molecule has 0 saturated carbocycles. The molecule has 0 amide bonds. The monoisotopic (exact) mass is 402 g/mol. The van der Waals surface area contributed by atoms with Crippen molar-refractivity contribution in [1.82, 2.24) is 0 Å². The zero-order valence-corrected chi connectivity index (χ0v) is 17.4. The van der Waals surface area contributed by atoms with Crippen molar-refractivity contribution in [3.05, 3.63) is 35.5 Å². The largest absolute Gasteiger partial charge is 0.458 e. The van der Waals surface area contributed by atoms with E-state index in [0.29, 0.717) is 18.4 Å². The van der Waals surface area contributed by atoms with Gasteiger partial charge in [0.05, 0.1) is 11.8 Å². The van der Waals surface area contributed by atoms with Crippen molar-refractivity contribution >= 4 is 17.9 Å². The third-order valence-corrected chi connectivity index (χ3v) is 5.96. The summed E-state index contributed by atoms with van der Waals surface area (Å²) in [6.07, 6.45) is 6.28. The zero-order valence-electron chi connectivity index (χ0n) is 17.4. The third kappa shape index (κ3) is 4.62. The van der Waals surface area contributed by atoms with Crippen LogP contribution in [0.15, 0.2) is 35.5 Å². The van der Waals surface area contributed by atoms with Crippen LogP contribution in [0.2, 0.25) is 0 Å². The molecule has 158 valence electrons. The molecule has 0 radical (unpaired) electrons. The van der Waals surface area contributed by atoms with Gasteiger partial charge in [-0.15, -0.1) is 0 Å². The predicted molar refractivity (Wildman–Crippen MR) is 107 cm³/mol. The summed E-state index contributed by atoms with van der Waals surface area (Å²) in [5.41, 5.74) is 1.71. The number of ether oxygens (including phenoxy) is 3. The molecule has 3 unspecified atom stereocenters. The van der Waals surface area contributed by atoms with Crippen molar-refractivity contribution in [2.75, 3.05) is 0 Å². The molecule has 0 spiro atoms. The molecule has 6 heteroatoms. The predicted octanol–water partition coefficient (Wildman–Crippen LogP) is 3.80. The quantitative estimate of drug-likeness (QED) is 0.291. The normalized spacial score (nSPS) is 31.8. The summed E-state index contributed by atoms with van der Waals surface area (Å²) in [6.45, 7) is 9.87. The van der Waals surface area contributed by atoms with Gasteiger partial charge in [0.25, 0.3) is 0 Å². The fourth-order valence-corrected chi connectivity index (χ4v) is 4.28. The first-order valence-corrected chi connectivity index (χ1v) is 10.5. The van der Waals surface area contributed by atoms with Crippen LogP contribution in [0.5, 0.6) is 0 Å². The third-order valence-electron chi connectivity index (χ3n) is 5.96. The van der Waals surface area contributed by atoms with Gasteiger partial charge in [0.2, 0.25) is 0 Å². The van der Waals surface area contributed by atoms with Crippen LogP contribution in [0, 0.1) is 11.8 Å². The standard InChI is InChI=1S/C23H30O6/c1-5-7-8-15(6-2)22(25)29-18-10-13(3)9-17-11-16(23(26)27-17)12-19-20(18)14(4)21(24)28-19/h10-11,15,17-20H,4-9,12H2,1-3H3/b13-10+/t15?,17-,18?,19?,20+/m1/s1. The SMILES string of the molecule is C=C1C(=O)OC2CC3=C[C@@H](C/C(C)=C/C(OC(=O)C(CC)CCCC)[C@H]12)OC3=O. The van der Waals surface area contributed by atoms with E-state index in [1.807, 2.05) is 19.9 Å². The van der Waals surface area contributed by atoms with E-state index in [-0.39, 0.29) is 36.0 Å². The molecule has 1 fully saturated rings. The van der Waals surface area contributed by atoms with E-state index in [4.69, 9.17) is 14.2 Å². The van der Waals surface area contributed by atoms with Crippen LogP contribution in [0.1, 0.15) is 59.3 Å². The van der Waals surface area contributed by atoms with Gasteiger partial charge in [-0.05, 0) is 31.9 Å². The van der Waals surface area contributed by atoms with Gasteiger partial charge in [-0.25, -0.2) is 9.59 Å². The van der Waals surface area contributed by atoms with Crippen LogP contribution < -0.4 is 0 Å². The van der Waals surface area contributed by atoms with Gasteiger partial charge in [0.15, 0.2) is 0 Å². The molecule has 0 aromatic carbocycles. The van der Waals surface area contributed by atoms with Crippen molar-refractivity contribution in [2.24, 2.45) is 11.8 Å². The van der Waals surface area contributed by atoms with Crippen LogP contribution in [0.4, 0.5) is 0 Å². The summed E-state index contributed by atoms with van der Waals surface area (Å²) in [5, 5.41) is 0. The second kappa shape index (κ2) is 8.97. The number of unbranched alkanes of at least 4 members (excludes halogenated alkanes) is 1. The first-order chi connectivity index (χ1) is 13.8. The number of rotatable bonds is 6. The highest BCUT2D eigenvalue weighted by Gasteiger charge is 2.46. The van der Waals surface area contributed by atoms with E-state index in [2.05, 4.69) is 13.5 Å². The fourth-order valence-electron chi connectivity index (χ4n) is 4.28. The molecule has 29 heavy (non-hydrogen) atoms. The van der Waals surface area contributed by atoms with Crippen LogP contribution >= 0.6 is 0 Å². The Labute approximate surface area is 172 Å². The molecule has 2 bridgehead atoms. The van der Waals surface area contributed by atoms with Crippen LogP contribution in [-0.2, 0) is 28.6 Å². The van der Waals surface area contributed by atoms with E-state index in [0.717, 1.165) is 24.8 Å². The Morgan fingerprint density at radius 2 is 1.97 bits per heavy atom. The lowest BCUT2D eigenvalue weighted by molar-refractivity contribution is -0.155. The molecule has 1 aliphatic carbocycles. The first kappa shape index (κ1) is 21.3.